The molecule has 0 bridgehead atoms. The molecule has 0 aromatic heterocycles. The number of amides is 2. The quantitative estimate of drug-likeness (QED) is 0.662. The largest absolute Gasteiger partial charge is 0.350 e. The molecule has 0 saturated heterocycles. The number of halogens is 3. The molecule has 1 rings (SSSR count). The van der Waals surface area contributed by atoms with Gasteiger partial charge in [-0.3, -0.25) is 9.59 Å². The average Bonchev–Trinajstić information content (AvgIpc) is 2.52. The van der Waals surface area contributed by atoms with E-state index in [2.05, 4.69) is 10.6 Å². The number of nitrogens with one attached hydrogen (secondary N) is 2. The Morgan fingerprint density at radius 2 is 1.83 bits per heavy atom. The van der Waals surface area contributed by atoms with E-state index in [4.69, 9.17) is 28.9 Å². The maximum absolute atomic E-state index is 12.4. The molecule has 4 N–H and O–H groups in total. The van der Waals surface area contributed by atoms with E-state index in [0.29, 0.717) is 15.6 Å². The molecule has 24 heavy (non-hydrogen) atoms. The first-order valence-electron chi connectivity index (χ1n) is 7.54. The number of nitrogens with two attached hydrogens (primary N) is 1. The number of rotatable bonds is 7. The third kappa shape index (κ3) is 6.48. The number of benzene rings is 1. The van der Waals surface area contributed by atoms with E-state index < -0.39 is 12.1 Å². The van der Waals surface area contributed by atoms with Gasteiger partial charge in [0, 0.05) is 6.54 Å². The Balaban J connectivity index is 0.00000529. The molecule has 5 nitrogen and oxygen atoms in total. The second-order valence-electron chi connectivity index (χ2n) is 5.59. The first-order valence-corrected chi connectivity index (χ1v) is 8.30. The normalized spacial score (nSPS) is 14.1. The Kier molecular flexibility index (Phi) is 10.3. The van der Waals surface area contributed by atoms with Gasteiger partial charge in [0.25, 0.3) is 0 Å². The van der Waals surface area contributed by atoms with Crippen molar-refractivity contribution in [2.75, 3.05) is 0 Å². The summed E-state index contributed by atoms with van der Waals surface area (Å²) < 4.78 is 0. The van der Waals surface area contributed by atoms with Crippen molar-refractivity contribution in [3.63, 3.8) is 0 Å². The monoisotopic (exact) mass is 395 g/mol. The van der Waals surface area contributed by atoms with Crippen molar-refractivity contribution in [2.45, 2.75) is 45.8 Å². The van der Waals surface area contributed by atoms with Gasteiger partial charge in [0.2, 0.25) is 11.8 Å². The molecule has 0 unspecified atom stereocenters. The van der Waals surface area contributed by atoms with Crippen LogP contribution in [-0.2, 0) is 16.1 Å². The van der Waals surface area contributed by atoms with Crippen molar-refractivity contribution < 1.29 is 9.59 Å². The van der Waals surface area contributed by atoms with E-state index >= 15 is 0 Å². The highest BCUT2D eigenvalue weighted by atomic mass is 35.5. The predicted octanol–water partition coefficient (Wildman–Crippen LogP) is 2.91. The fourth-order valence-electron chi connectivity index (χ4n) is 1.96. The highest BCUT2D eigenvalue weighted by Crippen LogP contribution is 2.25. The van der Waals surface area contributed by atoms with Crippen molar-refractivity contribution in [1.29, 1.82) is 0 Å². The van der Waals surface area contributed by atoms with Crippen LogP contribution in [-0.4, -0.2) is 23.9 Å². The van der Waals surface area contributed by atoms with Crippen molar-refractivity contribution >= 4 is 47.4 Å². The van der Waals surface area contributed by atoms with Crippen LogP contribution in [0.25, 0.3) is 0 Å². The Morgan fingerprint density at radius 3 is 2.38 bits per heavy atom. The summed E-state index contributed by atoms with van der Waals surface area (Å²) in [6, 6.07) is 3.92. The first kappa shape index (κ1) is 23.0. The lowest BCUT2D eigenvalue weighted by atomic mass is 9.98. The van der Waals surface area contributed by atoms with E-state index in [0.717, 1.165) is 6.42 Å². The minimum atomic E-state index is -0.670. The van der Waals surface area contributed by atoms with Crippen LogP contribution in [0, 0.1) is 5.92 Å². The van der Waals surface area contributed by atoms with Crippen LogP contribution in [0.2, 0.25) is 10.0 Å². The Morgan fingerprint density at radius 1 is 1.21 bits per heavy atom. The van der Waals surface area contributed by atoms with Gasteiger partial charge in [-0.2, -0.15) is 0 Å². The highest BCUT2D eigenvalue weighted by molar-refractivity contribution is 6.42. The molecule has 136 valence electrons. The zero-order valence-electron chi connectivity index (χ0n) is 13.9. The van der Waals surface area contributed by atoms with E-state index in [1.807, 2.05) is 13.8 Å². The summed E-state index contributed by atoms with van der Waals surface area (Å²) in [4.78, 5) is 24.2. The molecular formula is C16H24Cl3N3O2. The fourth-order valence-corrected chi connectivity index (χ4v) is 2.35. The van der Waals surface area contributed by atoms with Crippen LogP contribution in [0.3, 0.4) is 0 Å². The molecule has 3 atom stereocenters. The molecule has 0 saturated carbocycles. The molecular weight excluding hydrogens is 373 g/mol. The molecule has 0 spiro atoms. The molecule has 0 radical (unpaired) electrons. The van der Waals surface area contributed by atoms with Crippen molar-refractivity contribution in [3.05, 3.63) is 33.8 Å². The fraction of sp³-hybridized carbons (Fsp3) is 0.500. The summed E-state index contributed by atoms with van der Waals surface area (Å²) >= 11 is 12.1. The molecule has 2 amide bonds. The molecule has 0 aliphatic heterocycles. The van der Waals surface area contributed by atoms with Gasteiger partial charge in [0.1, 0.15) is 6.04 Å². The Hall–Kier alpha value is -1.01. The zero-order chi connectivity index (χ0) is 17.6. The molecule has 0 fully saturated rings. The van der Waals surface area contributed by atoms with Crippen LogP contribution in [0.5, 0.6) is 0 Å². The summed E-state index contributed by atoms with van der Waals surface area (Å²) in [6.07, 6.45) is 0.745. The molecule has 0 aliphatic carbocycles. The van der Waals surface area contributed by atoms with Gasteiger partial charge in [0.05, 0.1) is 16.1 Å². The molecule has 1 aromatic rings. The van der Waals surface area contributed by atoms with Gasteiger partial charge >= 0.3 is 0 Å². The predicted molar refractivity (Wildman–Crippen MR) is 101 cm³/mol. The van der Waals surface area contributed by atoms with E-state index in [1.165, 1.54) is 0 Å². The Labute approximate surface area is 159 Å². The second-order valence-corrected chi connectivity index (χ2v) is 6.38. The van der Waals surface area contributed by atoms with Crippen molar-refractivity contribution in [3.8, 4) is 0 Å². The standard InChI is InChI=1S/C16H23Cl2N3O2.ClH/c1-4-9(2)14(21-15(22)10(3)19)16(23)20-8-11-6-5-7-12(17)13(11)18;/h5-7,9-10,14H,4,8,19H2,1-3H3,(H,20,23)(H,21,22);1H/t9-,10-,14-;/m0./s1. The SMILES string of the molecule is CC[C@H](C)[C@H](NC(=O)[C@H](C)N)C(=O)NCc1cccc(Cl)c1Cl.Cl. The van der Waals surface area contributed by atoms with E-state index in [-0.39, 0.29) is 36.7 Å². The van der Waals surface area contributed by atoms with E-state index in [9.17, 15) is 9.59 Å². The lowest BCUT2D eigenvalue weighted by Crippen LogP contribution is -2.53. The lowest BCUT2D eigenvalue weighted by molar-refractivity contribution is -0.130. The van der Waals surface area contributed by atoms with Gasteiger partial charge < -0.3 is 16.4 Å². The van der Waals surface area contributed by atoms with E-state index in [1.54, 1.807) is 25.1 Å². The lowest BCUT2D eigenvalue weighted by Gasteiger charge is -2.24. The van der Waals surface area contributed by atoms with Gasteiger partial charge in [-0.15, -0.1) is 12.4 Å². The highest BCUT2D eigenvalue weighted by Gasteiger charge is 2.26. The summed E-state index contributed by atoms with van der Waals surface area (Å²) in [7, 11) is 0. The summed E-state index contributed by atoms with van der Waals surface area (Å²) in [5.74, 6) is -0.650. The topological polar surface area (TPSA) is 84.2 Å². The first-order chi connectivity index (χ1) is 10.8. The zero-order valence-corrected chi connectivity index (χ0v) is 16.3. The summed E-state index contributed by atoms with van der Waals surface area (Å²) in [6.45, 7) is 5.67. The third-order valence-electron chi connectivity index (χ3n) is 3.69. The van der Waals surface area contributed by atoms with Gasteiger partial charge in [0.15, 0.2) is 0 Å². The number of hydrogen-bond donors (Lipinski definition) is 3. The maximum Gasteiger partial charge on any atom is 0.243 e. The van der Waals surface area contributed by atoms with Crippen molar-refractivity contribution in [1.82, 2.24) is 10.6 Å². The molecule has 1 aromatic carbocycles. The maximum atomic E-state index is 12.4. The van der Waals surface area contributed by atoms with Crippen LogP contribution in [0.1, 0.15) is 32.8 Å². The smallest absolute Gasteiger partial charge is 0.243 e. The third-order valence-corrected chi connectivity index (χ3v) is 4.55. The van der Waals surface area contributed by atoms with Gasteiger partial charge in [-0.25, -0.2) is 0 Å². The van der Waals surface area contributed by atoms with Gasteiger partial charge in [-0.05, 0) is 24.5 Å². The minimum Gasteiger partial charge on any atom is -0.350 e. The van der Waals surface area contributed by atoms with Crippen LogP contribution in [0.15, 0.2) is 18.2 Å². The van der Waals surface area contributed by atoms with Gasteiger partial charge in [-0.1, -0.05) is 55.6 Å². The number of carbonyl (C=O) groups excluding carboxylic acids is 2. The number of hydrogen-bond acceptors (Lipinski definition) is 3. The molecule has 0 aliphatic rings. The Bertz CT molecular complexity index is 567. The average molecular weight is 397 g/mol. The van der Waals surface area contributed by atoms with Crippen LogP contribution < -0.4 is 16.4 Å². The van der Waals surface area contributed by atoms with Crippen LogP contribution >= 0.6 is 35.6 Å². The molecule has 0 heterocycles. The second kappa shape index (κ2) is 10.8. The summed E-state index contributed by atoms with van der Waals surface area (Å²) in [5.41, 5.74) is 6.27. The number of carbonyl (C=O) groups is 2. The molecule has 8 heteroatoms. The van der Waals surface area contributed by atoms with Crippen LogP contribution in [0.4, 0.5) is 0 Å². The van der Waals surface area contributed by atoms with Crippen molar-refractivity contribution in [2.24, 2.45) is 11.7 Å². The summed E-state index contributed by atoms with van der Waals surface area (Å²) in [5, 5.41) is 6.33. The minimum absolute atomic E-state index is 0.